The Balaban J connectivity index is 1.80. The number of ether oxygens (including phenoxy) is 3. The van der Waals surface area contributed by atoms with Gasteiger partial charge in [0.05, 0.1) is 21.3 Å². The molecule has 0 saturated carbocycles. The van der Waals surface area contributed by atoms with Gasteiger partial charge in [0.1, 0.15) is 6.54 Å². The van der Waals surface area contributed by atoms with Crippen LogP contribution < -0.4 is 19.5 Å². The zero-order valence-electron chi connectivity index (χ0n) is 19.6. The zero-order valence-corrected chi connectivity index (χ0v) is 19.6. The van der Waals surface area contributed by atoms with Crippen molar-refractivity contribution in [3.05, 3.63) is 53.6 Å². The first kappa shape index (κ1) is 24.4. The molecule has 1 fully saturated rings. The Bertz CT molecular complexity index is 904. The molecule has 8 nitrogen and oxygen atoms in total. The maximum Gasteiger partial charge on any atom is 0.254 e. The number of benzene rings is 2. The first-order chi connectivity index (χ1) is 16.1. The van der Waals surface area contributed by atoms with Crippen molar-refractivity contribution >= 4 is 11.8 Å². The van der Waals surface area contributed by atoms with Gasteiger partial charge in [0.15, 0.2) is 11.5 Å². The molecule has 1 aliphatic rings. The highest BCUT2D eigenvalue weighted by molar-refractivity contribution is 5.97. The van der Waals surface area contributed by atoms with Gasteiger partial charge in [-0.3, -0.25) is 9.59 Å². The van der Waals surface area contributed by atoms with Gasteiger partial charge in [0.25, 0.3) is 5.91 Å². The molecule has 2 aromatic rings. The van der Waals surface area contributed by atoms with E-state index in [4.69, 9.17) is 14.2 Å². The highest BCUT2D eigenvalue weighted by Crippen LogP contribution is 2.38. The van der Waals surface area contributed by atoms with Gasteiger partial charge in [0.2, 0.25) is 11.7 Å². The second kappa shape index (κ2) is 12.1. The molecule has 0 radical (unpaired) electrons. The Morgan fingerprint density at radius 2 is 1.61 bits per heavy atom. The second-order valence-electron chi connectivity index (χ2n) is 7.86. The number of hydrogen-bond donors (Lipinski definition) is 1. The van der Waals surface area contributed by atoms with Crippen LogP contribution in [0.2, 0.25) is 0 Å². The maximum absolute atomic E-state index is 13.5. The number of carbonyl (C=O) groups excluding carboxylic acids is 2. The lowest BCUT2D eigenvalue weighted by Gasteiger charge is -2.30. The van der Waals surface area contributed by atoms with Gasteiger partial charge in [-0.2, -0.15) is 0 Å². The van der Waals surface area contributed by atoms with Gasteiger partial charge in [-0.1, -0.05) is 30.3 Å². The van der Waals surface area contributed by atoms with Crippen LogP contribution in [0.25, 0.3) is 0 Å². The number of aryl methyl sites for hydroxylation is 1. The molecule has 2 amide bonds. The van der Waals surface area contributed by atoms with Crippen LogP contribution in [-0.4, -0.2) is 82.2 Å². The fraction of sp³-hybridized carbons (Fsp3) is 0.440. The Morgan fingerprint density at radius 3 is 2.18 bits per heavy atom. The van der Waals surface area contributed by atoms with Crippen LogP contribution in [0.3, 0.4) is 0 Å². The fourth-order valence-electron chi connectivity index (χ4n) is 3.94. The third kappa shape index (κ3) is 6.38. The van der Waals surface area contributed by atoms with E-state index in [-0.39, 0.29) is 18.4 Å². The molecule has 33 heavy (non-hydrogen) atoms. The van der Waals surface area contributed by atoms with E-state index in [1.807, 2.05) is 23.1 Å². The van der Waals surface area contributed by atoms with Crippen molar-refractivity contribution in [2.75, 3.05) is 60.6 Å². The van der Waals surface area contributed by atoms with Crippen LogP contribution in [-0.2, 0) is 11.2 Å². The second-order valence-corrected chi connectivity index (χ2v) is 7.86. The third-order valence-corrected chi connectivity index (χ3v) is 5.73. The summed E-state index contributed by atoms with van der Waals surface area (Å²) in [6.45, 7) is 3.32. The van der Waals surface area contributed by atoms with E-state index in [2.05, 4.69) is 17.4 Å². The summed E-state index contributed by atoms with van der Waals surface area (Å²) in [4.78, 5) is 29.9. The average Bonchev–Trinajstić information content (AvgIpc) is 2.87. The monoisotopic (exact) mass is 455 g/mol. The summed E-state index contributed by atoms with van der Waals surface area (Å²) >= 11 is 0. The quantitative estimate of drug-likeness (QED) is 0.592. The van der Waals surface area contributed by atoms with Gasteiger partial charge in [-0.25, -0.2) is 0 Å². The topological polar surface area (TPSA) is 80.3 Å². The number of piperazine rings is 1. The van der Waals surface area contributed by atoms with E-state index >= 15 is 0 Å². The molecule has 1 N–H and O–H groups in total. The lowest BCUT2D eigenvalue weighted by atomic mass is 10.1. The van der Waals surface area contributed by atoms with E-state index in [9.17, 15) is 9.59 Å². The lowest BCUT2D eigenvalue weighted by Crippen LogP contribution is -2.50. The molecule has 178 valence electrons. The molecule has 0 unspecified atom stereocenters. The van der Waals surface area contributed by atoms with Crippen LogP contribution in [0.5, 0.6) is 17.2 Å². The third-order valence-electron chi connectivity index (χ3n) is 5.73. The number of amides is 2. The van der Waals surface area contributed by atoms with E-state index < -0.39 is 0 Å². The van der Waals surface area contributed by atoms with Crippen LogP contribution in [0, 0.1) is 0 Å². The van der Waals surface area contributed by atoms with E-state index in [0.717, 1.165) is 25.9 Å². The number of nitrogens with zero attached hydrogens (tertiary/aromatic N) is 2. The molecular weight excluding hydrogens is 422 g/mol. The van der Waals surface area contributed by atoms with Crippen molar-refractivity contribution < 1.29 is 23.8 Å². The molecule has 0 aromatic heterocycles. The predicted octanol–water partition coefficient (Wildman–Crippen LogP) is 2.22. The zero-order chi connectivity index (χ0) is 23.6. The summed E-state index contributed by atoms with van der Waals surface area (Å²) in [5, 5.41) is 3.25. The highest BCUT2D eigenvalue weighted by Gasteiger charge is 2.25. The van der Waals surface area contributed by atoms with Crippen LogP contribution in [0.4, 0.5) is 0 Å². The van der Waals surface area contributed by atoms with Crippen molar-refractivity contribution in [3.8, 4) is 17.2 Å². The lowest BCUT2D eigenvalue weighted by molar-refractivity contribution is -0.132. The predicted molar refractivity (Wildman–Crippen MR) is 126 cm³/mol. The number of rotatable bonds is 10. The highest BCUT2D eigenvalue weighted by atomic mass is 16.5. The Morgan fingerprint density at radius 1 is 0.970 bits per heavy atom. The molecule has 2 aromatic carbocycles. The molecule has 0 atom stereocenters. The fourth-order valence-corrected chi connectivity index (χ4v) is 3.94. The van der Waals surface area contributed by atoms with Crippen LogP contribution in [0.15, 0.2) is 42.5 Å². The number of methoxy groups -OCH3 is 3. The molecule has 8 heteroatoms. The Labute approximate surface area is 195 Å². The SMILES string of the molecule is COc1cc(C(=O)N(CCCc2ccccc2)CC(=O)N2CCNCC2)cc(OC)c1OC. The Hall–Kier alpha value is -3.26. The standard InChI is InChI=1S/C25H33N3O5/c1-31-21-16-20(17-22(32-2)24(21)33-3)25(30)28(13-7-10-19-8-5-4-6-9-19)18-23(29)27-14-11-26-12-15-27/h4-6,8-9,16-17,26H,7,10-15,18H2,1-3H3. The van der Waals surface area contributed by atoms with E-state index in [1.165, 1.54) is 26.9 Å². The summed E-state index contributed by atoms with van der Waals surface area (Å²) in [5.74, 6) is 0.933. The molecule has 1 heterocycles. The summed E-state index contributed by atoms with van der Waals surface area (Å²) in [5.41, 5.74) is 1.59. The van der Waals surface area contributed by atoms with Crippen molar-refractivity contribution in [1.82, 2.24) is 15.1 Å². The van der Waals surface area contributed by atoms with Crippen molar-refractivity contribution in [2.45, 2.75) is 12.8 Å². The molecular formula is C25H33N3O5. The van der Waals surface area contributed by atoms with Gasteiger partial charge in [0, 0.05) is 38.3 Å². The first-order valence-electron chi connectivity index (χ1n) is 11.2. The summed E-state index contributed by atoms with van der Waals surface area (Å²) < 4.78 is 16.2. The van der Waals surface area contributed by atoms with Crippen LogP contribution in [0.1, 0.15) is 22.3 Å². The minimum atomic E-state index is -0.245. The molecule has 0 spiro atoms. The Kier molecular flexibility index (Phi) is 8.95. The molecule has 1 aliphatic heterocycles. The summed E-state index contributed by atoms with van der Waals surface area (Å²) in [6, 6.07) is 13.4. The number of hydrogen-bond acceptors (Lipinski definition) is 6. The minimum absolute atomic E-state index is 0.0320. The van der Waals surface area contributed by atoms with Crippen molar-refractivity contribution in [1.29, 1.82) is 0 Å². The molecule has 0 aliphatic carbocycles. The molecule has 3 rings (SSSR count). The average molecular weight is 456 g/mol. The van der Waals surface area contributed by atoms with Gasteiger partial charge < -0.3 is 29.3 Å². The molecule has 1 saturated heterocycles. The van der Waals surface area contributed by atoms with Gasteiger partial charge in [-0.15, -0.1) is 0 Å². The summed E-state index contributed by atoms with van der Waals surface area (Å²) in [7, 11) is 4.54. The van der Waals surface area contributed by atoms with E-state index in [1.54, 1.807) is 17.0 Å². The summed E-state index contributed by atoms with van der Waals surface area (Å²) in [6.07, 6.45) is 1.57. The van der Waals surface area contributed by atoms with Crippen LogP contribution >= 0.6 is 0 Å². The minimum Gasteiger partial charge on any atom is -0.493 e. The molecule has 0 bridgehead atoms. The maximum atomic E-state index is 13.5. The largest absolute Gasteiger partial charge is 0.493 e. The van der Waals surface area contributed by atoms with Crippen molar-refractivity contribution in [3.63, 3.8) is 0 Å². The van der Waals surface area contributed by atoms with Gasteiger partial charge >= 0.3 is 0 Å². The van der Waals surface area contributed by atoms with Gasteiger partial charge in [-0.05, 0) is 30.5 Å². The van der Waals surface area contributed by atoms with Crippen molar-refractivity contribution in [2.24, 2.45) is 0 Å². The number of nitrogens with one attached hydrogen (secondary N) is 1. The van der Waals surface area contributed by atoms with E-state index in [0.29, 0.717) is 42.4 Å². The first-order valence-corrected chi connectivity index (χ1v) is 11.2. The smallest absolute Gasteiger partial charge is 0.254 e. The normalized spacial score (nSPS) is 13.4. The number of carbonyl (C=O) groups is 2.